The molecule has 0 saturated carbocycles. The zero-order valence-corrected chi connectivity index (χ0v) is 12.5. The van der Waals surface area contributed by atoms with Gasteiger partial charge in [0.05, 0.1) is 29.6 Å². The largest absolute Gasteiger partial charge is 0.391 e. The molecule has 5 heteroatoms. The first kappa shape index (κ1) is 14.8. The molecule has 5 nitrogen and oxygen atoms in total. The summed E-state index contributed by atoms with van der Waals surface area (Å²) >= 11 is 0. The Morgan fingerprint density at radius 3 is 2.62 bits per heavy atom. The molecule has 0 aliphatic rings. The number of hydrogen-bond acceptors (Lipinski definition) is 4. The highest BCUT2D eigenvalue weighted by atomic mass is 16.6. The molecule has 0 spiro atoms. The summed E-state index contributed by atoms with van der Waals surface area (Å²) < 4.78 is 1.90. The minimum atomic E-state index is 0.389. The predicted octanol–water partition coefficient (Wildman–Crippen LogP) is 2.96. The van der Waals surface area contributed by atoms with E-state index in [2.05, 4.69) is 16.3 Å². The Morgan fingerprint density at radius 2 is 2.05 bits per heavy atom. The van der Waals surface area contributed by atoms with Crippen LogP contribution in [0.2, 0.25) is 0 Å². The fraction of sp³-hybridized carbons (Fsp3) is 0.312. The van der Waals surface area contributed by atoms with Crippen molar-refractivity contribution < 1.29 is 4.84 Å². The third-order valence-electron chi connectivity index (χ3n) is 3.02. The van der Waals surface area contributed by atoms with Gasteiger partial charge >= 0.3 is 0 Å². The van der Waals surface area contributed by atoms with Crippen molar-refractivity contribution in [2.45, 2.75) is 33.9 Å². The van der Waals surface area contributed by atoms with Crippen molar-refractivity contribution in [3.8, 4) is 6.07 Å². The molecule has 0 aliphatic heterocycles. The molecule has 0 radical (unpaired) electrons. The summed E-state index contributed by atoms with van der Waals surface area (Å²) in [5.41, 5.74) is 4.59. The Hall–Kier alpha value is -2.61. The second-order valence-corrected chi connectivity index (χ2v) is 4.99. The first-order valence-corrected chi connectivity index (χ1v) is 6.74. The highest BCUT2D eigenvalue weighted by Crippen LogP contribution is 2.06. The van der Waals surface area contributed by atoms with Crippen molar-refractivity contribution >= 4 is 5.71 Å². The minimum absolute atomic E-state index is 0.389. The fourth-order valence-electron chi connectivity index (χ4n) is 1.97. The standard InChI is InChI=1S/C16H18N4O/c1-12-8-14(3)20(18-12)10-13(2)19-21-11-16-6-4-15(9-17)5-7-16/h4-8H,10-11H2,1-3H3. The molecule has 1 aromatic carbocycles. The first-order chi connectivity index (χ1) is 10.1. The Balaban J connectivity index is 1.88. The molecule has 1 heterocycles. The van der Waals surface area contributed by atoms with E-state index in [1.165, 1.54) is 0 Å². The minimum Gasteiger partial charge on any atom is -0.391 e. The predicted molar refractivity (Wildman–Crippen MR) is 80.8 cm³/mol. The van der Waals surface area contributed by atoms with Crippen molar-refractivity contribution in [2.75, 3.05) is 0 Å². The van der Waals surface area contributed by atoms with Crippen LogP contribution < -0.4 is 0 Å². The Labute approximate surface area is 124 Å². The number of nitrogens with zero attached hydrogens (tertiary/aromatic N) is 4. The van der Waals surface area contributed by atoms with Gasteiger partial charge in [0, 0.05) is 5.69 Å². The zero-order valence-electron chi connectivity index (χ0n) is 12.5. The van der Waals surface area contributed by atoms with Crippen molar-refractivity contribution in [1.29, 1.82) is 5.26 Å². The fourth-order valence-corrected chi connectivity index (χ4v) is 1.97. The van der Waals surface area contributed by atoms with Crippen LogP contribution in [0.3, 0.4) is 0 Å². The monoisotopic (exact) mass is 282 g/mol. The zero-order chi connectivity index (χ0) is 15.2. The number of hydrogen-bond donors (Lipinski definition) is 0. The lowest BCUT2D eigenvalue weighted by Crippen LogP contribution is -2.10. The van der Waals surface area contributed by atoms with E-state index in [9.17, 15) is 0 Å². The van der Waals surface area contributed by atoms with Crippen LogP contribution in [0.15, 0.2) is 35.5 Å². The number of nitriles is 1. The Morgan fingerprint density at radius 1 is 1.33 bits per heavy atom. The molecule has 0 amide bonds. The molecule has 0 fully saturated rings. The maximum Gasteiger partial charge on any atom is 0.142 e. The van der Waals surface area contributed by atoms with E-state index in [-0.39, 0.29) is 0 Å². The smallest absolute Gasteiger partial charge is 0.142 e. The van der Waals surface area contributed by atoms with Crippen molar-refractivity contribution in [2.24, 2.45) is 5.16 Å². The lowest BCUT2D eigenvalue weighted by atomic mass is 10.2. The van der Waals surface area contributed by atoms with Gasteiger partial charge in [-0.2, -0.15) is 10.4 Å². The SMILES string of the molecule is CC(Cn1nc(C)cc1C)=NOCc1ccc(C#N)cc1. The third-order valence-corrected chi connectivity index (χ3v) is 3.02. The molecule has 0 unspecified atom stereocenters. The van der Waals surface area contributed by atoms with E-state index in [0.717, 1.165) is 22.7 Å². The van der Waals surface area contributed by atoms with Gasteiger partial charge in [0.1, 0.15) is 6.61 Å². The lowest BCUT2D eigenvalue weighted by Gasteiger charge is -2.05. The van der Waals surface area contributed by atoms with Crippen molar-refractivity contribution in [1.82, 2.24) is 9.78 Å². The van der Waals surface area contributed by atoms with Gasteiger partial charge in [0.15, 0.2) is 0 Å². The number of oxime groups is 1. The number of aryl methyl sites for hydroxylation is 2. The van der Waals surface area contributed by atoms with Crippen LogP contribution in [0.5, 0.6) is 0 Å². The van der Waals surface area contributed by atoms with Crippen LogP contribution in [0, 0.1) is 25.2 Å². The molecular formula is C16H18N4O. The molecule has 0 atom stereocenters. The van der Waals surface area contributed by atoms with E-state index in [1.807, 2.05) is 43.7 Å². The van der Waals surface area contributed by atoms with Gasteiger partial charge in [-0.05, 0) is 44.5 Å². The van der Waals surface area contributed by atoms with Crippen molar-refractivity contribution in [3.63, 3.8) is 0 Å². The molecule has 0 aliphatic carbocycles. The quantitative estimate of drug-likeness (QED) is 0.625. The number of rotatable bonds is 5. The van der Waals surface area contributed by atoms with Gasteiger partial charge in [0.25, 0.3) is 0 Å². The molecule has 0 bridgehead atoms. The average Bonchev–Trinajstić information content (AvgIpc) is 2.77. The van der Waals surface area contributed by atoms with Gasteiger partial charge < -0.3 is 4.84 Å². The van der Waals surface area contributed by atoms with Gasteiger partial charge in [0.2, 0.25) is 0 Å². The summed E-state index contributed by atoms with van der Waals surface area (Å²) in [4.78, 5) is 5.34. The third kappa shape index (κ3) is 4.18. The number of benzene rings is 1. The van der Waals surface area contributed by atoms with Crippen LogP contribution in [0.25, 0.3) is 0 Å². The number of aromatic nitrogens is 2. The second-order valence-electron chi connectivity index (χ2n) is 4.99. The van der Waals surface area contributed by atoms with Crippen LogP contribution >= 0.6 is 0 Å². The molecule has 0 saturated heterocycles. The van der Waals surface area contributed by atoms with Crippen LogP contribution in [-0.4, -0.2) is 15.5 Å². The molecule has 2 aromatic rings. The first-order valence-electron chi connectivity index (χ1n) is 6.74. The highest BCUT2D eigenvalue weighted by Gasteiger charge is 2.02. The van der Waals surface area contributed by atoms with Crippen molar-refractivity contribution in [3.05, 3.63) is 52.8 Å². The summed E-state index contributed by atoms with van der Waals surface area (Å²) in [5.74, 6) is 0. The Bertz CT molecular complexity index is 677. The average molecular weight is 282 g/mol. The topological polar surface area (TPSA) is 63.2 Å². The maximum absolute atomic E-state index is 8.73. The van der Waals surface area contributed by atoms with Gasteiger partial charge in [-0.25, -0.2) is 0 Å². The maximum atomic E-state index is 8.73. The highest BCUT2D eigenvalue weighted by molar-refractivity contribution is 5.81. The van der Waals surface area contributed by atoms with E-state index in [4.69, 9.17) is 10.1 Å². The Kier molecular flexibility index (Phi) is 4.72. The summed E-state index contributed by atoms with van der Waals surface area (Å²) in [6, 6.07) is 11.4. The summed E-state index contributed by atoms with van der Waals surface area (Å²) in [5, 5.41) is 17.2. The van der Waals surface area contributed by atoms with Crippen LogP contribution in [0.1, 0.15) is 29.4 Å². The van der Waals surface area contributed by atoms with Gasteiger partial charge in [-0.15, -0.1) is 0 Å². The van der Waals surface area contributed by atoms with Crippen LogP contribution in [0.4, 0.5) is 0 Å². The van der Waals surface area contributed by atoms with E-state index < -0.39 is 0 Å². The van der Waals surface area contributed by atoms with Gasteiger partial charge in [-0.1, -0.05) is 17.3 Å². The molecule has 2 rings (SSSR count). The summed E-state index contributed by atoms with van der Waals surface area (Å²) in [6.45, 7) is 6.91. The molecule has 1 aromatic heterocycles. The summed E-state index contributed by atoms with van der Waals surface area (Å²) in [6.07, 6.45) is 0. The van der Waals surface area contributed by atoms with E-state index in [1.54, 1.807) is 12.1 Å². The lowest BCUT2D eigenvalue weighted by molar-refractivity contribution is 0.129. The van der Waals surface area contributed by atoms with E-state index >= 15 is 0 Å². The molecule has 21 heavy (non-hydrogen) atoms. The molecule has 108 valence electrons. The molecule has 0 N–H and O–H groups in total. The second kappa shape index (κ2) is 6.71. The van der Waals surface area contributed by atoms with E-state index in [0.29, 0.717) is 18.7 Å². The normalized spacial score (nSPS) is 11.2. The summed E-state index contributed by atoms with van der Waals surface area (Å²) in [7, 11) is 0. The van der Waals surface area contributed by atoms with Crippen LogP contribution in [-0.2, 0) is 18.0 Å². The van der Waals surface area contributed by atoms with Gasteiger partial charge in [-0.3, -0.25) is 4.68 Å². The molecular weight excluding hydrogens is 264 g/mol.